The molecule has 1 aromatic rings. The van der Waals surface area contributed by atoms with Crippen molar-refractivity contribution in [1.29, 1.82) is 15.9 Å². The fourth-order valence-electron chi connectivity index (χ4n) is 1.86. The zero-order valence-corrected chi connectivity index (χ0v) is 13.6. The maximum atomic E-state index is 11.0. The van der Waals surface area contributed by atoms with Crippen LogP contribution in [0.2, 0.25) is 0 Å². The fourth-order valence-corrected chi connectivity index (χ4v) is 1.86. The van der Waals surface area contributed by atoms with Gasteiger partial charge in [-0.25, -0.2) is 0 Å². The number of nitrogens with two attached hydrogens (primary N) is 1. The van der Waals surface area contributed by atoms with Crippen molar-refractivity contribution < 1.29 is 9.90 Å². The minimum atomic E-state index is -0.320. The molecule has 8 heteroatoms. The predicted molar refractivity (Wildman–Crippen MR) is 94.0 cm³/mol. The van der Waals surface area contributed by atoms with Gasteiger partial charge in [-0.05, 0) is 23.8 Å². The Balaban J connectivity index is 3.09. The van der Waals surface area contributed by atoms with E-state index in [0.717, 1.165) is 0 Å². The number of nitrogens with zero attached hydrogens (tertiary/aromatic N) is 2. The molecule has 0 bridgehead atoms. The number of nitriles is 2. The smallest absolute Gasteiger partial charge is 0.221 e. The molecule has 0 aliphatic carbocycles. The van der Waals surface area contributed by atoms with E-state index < -0.39 is 0 Å². The van der Waals surface area contributed by atoms with Crippen LogP contribution in [0.4, 0.5) is 5.69 Å². The molecule has 0 aliphatic heterocycles. The lowest BCUT2D eigenvalue weighted by molar-refractivity contribution is -0.114. The number of anilines is 1. The van der Waals surface area contributed by atoms with Crippen molar-refractivity contribution in [3.8, 4) is 12.1 Å². The number of nitrogens with one attached hydrogen (secondary N) is 3. The lowest BCUT2D eigenvalue weighted by atomic mass is 10.0. The molecule has 8 nitrogen and oxygen atoms in total. The van der Waals surface area contributed by atoms with Crippen molar-refractivity contribution in [2.24, 2.45) is 5.73 Å². The second-order valence-electron chi connectivity index (χ2n) is 4.90. The van der Waals surface area contributed by atoms with Crippen LogP contribution >= 0.6 is 0 Å². The molecule has 0 spiro atoms. The average Bonchev–Trinajstić information content (AvgIpc) is 2.59. The number of carbonyl (C=O) groups is 1. The average molecular weight is 338 g/mol. The third-order valence-electron chi connectivity index (χ3n) is 2.99. The third-order valence-corrected chi connectivity index (χ3v) is 2.99. The monoisotopic (exact) mass is 338 g/mol. The van der Waals surface area contributed by atoms with Crippen LogP contribution in [0.15, 0.2) is 41.2 Å². The van der Waals surface area contributed by atoms with Crippen LogP contribution < -0.4 is 16.4 Å². The van der Waals surface area contributed by atoms with Gasteiger partial charge in [-0.1, -0.05) is 12.1 Å². The Kier molecular flexibility index (Phi) is 7.38. The first kappa shape index (κ1) is 19.4. The molecular formula is C17H18N6O2. The van der Waals surface area contributed by atoms with Gasteiger partial charge in [0, 0.05) is 19.2 Å². The minimum Gasteiger partial charge on any atom is -0.395 e. The van der Waals surface area contributed by atoms with E-state index >= 15 is 0 Å². The number of aliphatic hydroxyl groups excluding tert-OH is 1. The van der Waals surface area contributed by atoms with Gasteiger partial charge in [-0.15, -0.1) is 0 Å². The summed E-state index contributed by atoms with van der Waals surface area (Å²) in [5.74, 6) is -0.277. The molecule has 0 aliphatic rings. The van der Waals surface area contributed by atoms with E-state index in [-0.39, 0.29) is 41.7 Å². The molecule has 0 fully saturated rings. The van der Waals surface area contributed by atoms with Crippen molar-refractivity contribution in [1.82, 2.24) is 5.32 Å². The number of allylic oxidation sites excluding steroid dienone is 2. The summed E-state index contributed by atoms with van der Waals surface area (Å²) in [4.78, 5) is 11.0. The molecule has 6 N–H and O–H groups in total. The van der Waals surface area contributed by atoms with E-state index in [0.29, 0.717) is 11.3 Å². The first-order chi connectivity index (χ1) is 11.9. The van der Waals surface area contributed by atoms with Crippen LogP contribution in [0.25, 0.3) is 6.08 Å². The highest BCUT2D eigenvalue weighted by molar-refractivity contribution is 6.17. The Labute approximate surface area is 145 Å². The summed E-state index contributed by atoms with van der Waals surface area (Å²) in [6.07, 6.45) is 1.44. The first-order valence-electron chi connectivity index (χ1n) is 7.26. The normalized spacial score (nSPS) is 11.6. The predicted octanol–water partition coefficient (Wildman–Crippen LogP) is 0.848. The lowest BCUT2D eigenvalue weighted by Crippen LogP contribution is -2.27. The van der Waals surface area contributed by atoms with E-state index in [2.05, 4.69) is 10.6 Å². The van der Waals surface area contributed by atoms with Crippen molar-refractivity contribution in [2.45, 2.75) is 6.92 Å². The van der Waals surface area contributed by atoms with Gasteiger partial charge in [0.15, 0.2) is 0 Å². The fraction of sp³-hybridized carbons (Fsp3) is 0.176. The van der Waals surface area contributed by atoms with Gasteiger partial charge < -0.3 is 21.5 Å². The van der Waals surface area contributed by atoms with E-state index in [1.54, 1.807) is 30.3 Å². The maximum absolute atomic E-state index is 11.0. The summed E-state index contributed by atoms with van der Waals surface area (Å²) in [6.45, 7) is 1.34. The molecular weight excluding hydrogens is 320 g/mol. The zero-order valence-electron chi connectivity index (χ0n) is 13.6. The summed E-state index contributed by atoms with van der Waals surface area (Å²) < 4.78 is 0. The highest BCUT2D eigenvalue weighted by Crippen LogP contribution is 2.15. The highest BCUT2D eigenvalue weighted by Gasteiger charge is 2.14. The Morgan fingerprint density at radius 3 is 2.44 bits per heavy atom. The number of benzene rings is 1. The van der Waals surface area contributed by atoms with Gasteiger partial charge in [0.1, 0.15) is 23.5 Å². The quantitative estimate of drug-likeness (QED) is 0.366. The standard InChI is InChI=1S/C17H18N6O2/c1-11(25)23-14-4-2-12(3-5-14)8-13(9-18)16(20)15(10-19)17(21)22-6-7-24/h2-5,8,20,22,24H,6-7,21H2,1H3,(H,23,25)/b13-8+,17-15-,20-16?. The van der Waals surface area contributed by atoms with Crippen molar-refractivity contribution in [3.63, 3.8) is 0 Å². The van der Waals surface area contributed by atoms with Gasteiger partial charge in [-0.3, -0.25) is 10.2 Å². The number of hydrogen-bond acceptors (Lipinski definition) is 7. The molecule has 1 rings (SSSR count). The summed E-state index contributed by atoms with van der Waals surface area (Å²) in [5, 5.41) is 40.5. The van der Waals surface area contributed by atoms with Crippen LogP contribution in [0, 0.1) is 28.1 Å². The molecule has 0 unspecified atom stereocenters. The van der Waals surface area contributed by atoms with Crippen molar-refractivity contribution in [2.75, 3.05) is 18.5 Å². The highest BCUT2D eigenvalue weighted by atomic mass is 16.3. The lowest BCUT2D eigenvalue weighted by Gasteiger charge is -2.08. The molecule has 128 valence electrons. The molecule has 0 radical (unpaired) electrons. The van der Waals surface area contributed by atoms with Gasteiger partial charge in [0.2, 0.25) is 5.91 Å². The van der Waals surface area contributed by atoms with Crippen molar-refractivity contribution in [3.05, 3.63) is 46.8 Å². The molecule has 0 aromatic heterocycles. The van der Waals surface area contributed by atoms with Crippen LogP contribution in [-0.2, 0) is 4.79 Å². The molecule has 0 heterocycles. The Morgan fingerprint density at radius 1 is 1.32 bits per heavy atom. The van der Waals surface area contributed by atoms with Crippen LogP contribution in [0.3, 0.4) is 0 Å². The van der Waals surface area contributed by atoms with E-state index in [1.165, 1.54) is 13.0 Å². The summed E-state index contributed by atoms with van der Waals surface area (Å²) in [6, 6.07) is 10.3. The topological polar surface area (TPSA) is 159 Å². The molecule has 0 atom stereocenters. The molecule has 1 amide bonds. The van der Waals surface area contributed by atoms with Gasteiger partial charge >= 0.3 is 0 Å². The van der Waals surface area contributed by atoms with Gasteiger partial charge in [-0.2, -0.15) is 10.5 Å². The number of hydrogen-bond donors (Lipinski definition) is 5. The van der Waals surface area contributed by atoms with Gasteiger partial charge in [0.05, 0.1) is 17.9 Å². The number of rotatable bonds is 7. The Hall–Kier alpha value is -3.62. The van der Waals surface area contributed by atoms with E-state index in [9.17, 15) is 15.3 Å². The number of aliphatic hydroxyl groups is 1. The molecule has 0 saturated heterocycles. The van der Waals surface area contributed by atoms with Crippen molar-refractivity contribution >= 4 is 23.4 Å². The van der Waals surface area contributed by atoms with Gasteiger partial charge in [0.25, 0.3) is 0 Å². The SMILES string of the molecule is CC(=O)Nc1ccc(/C=C(\C#N)C(=N)/C(C#N)=C(/N)NCCO)cc1. The maximum Gasteiger partial charge on any atom is 0.221 e. The second-order valence-corrected chi connectivity index (χ2v) is 4.90. The minimum absolute atomic E-state index is 0.0439. The molecule has 1 aromatic carbocycles. The van der Waals surface area contributed by atoms with E-state index in [4.69, 9.17) is 16.2 Å². The second kappa shape index (κ2) is 9.50. The Morgan fingerprint density at radius 2 is 1.96 bits per heavy atom. The largest absolute Gasteiger partial charge is 0.395 e. The van der Waals surface area contributed by atoms with Crippen LogP contribution in [0.1, 0.15) is 12.5 Å². The van der Waals surface area contributed by atoms with E-state index in [1.807, 2.05) is 6.07 Å². The number of amides is 1. The van der Waals surface area contributed by atoms with Crippen LogP contribution in [-0.4, -0.2) is 29.9 Å². The van der Waals surface area contributed by atoms with Crippen LogP contribution in [0.5, 0.6) is 0 Å². The summed E-state index contributed by atoms with van der Waals surface area (Å²) in [5.41, 5.74) is 6.36. The summed E-state index contributed by atoms with van der Waals surface area (Å²) in [7, 11) is 0. The Bertz CT molecular complexity index is 794. The number of carbonyl (C=O) groups excluding carboxylic acids is 1. The summed E-state index contributed by atoms with van der Waals surface area (Å²) >= 11 is 0. The zero-order chi connectivity index (χ0) is 18.8. The molecule has 0 saturated carbocycles. The molecule has 25 heavy (non-hydrogen) atoms. The third kappa shape index (κ3) is 5.82. The first-order valence-corrected chi connectivity index (χ1v) is 7.26.